The van der Waals surface area contributed by atoms with E-state index in [9.17, 15) is 27.5 Å². The fourth-order valence-electron chi connectivity index (χ4n) is 3.14. The molecule has 31 heavy (non-hydrogen) atoms. The molecule has 0 bridgehead atoms. The third kappa shape index (κ3) is 7.28. The summed E-state index contributed by atoms with van der Waals surface area (Å²) in [6, 6.07) is 2.87. The van der Waals surface area contributed by atoms with E-state index in [4.69, 9.17) is 16.4 Å². The van der Waals surface area contributed by atoms with Crippen molar-refractivity contribution >= 4 is 34.9 Å². The molecule has 0 aliphatic heterocycles. The molecule has 1 aromatic rings. The normalized spacial score (nSPS) is 18.2. The van der Waals surface area contributed by atoms with Gasteiger partial charge < -0.3 is 9.94 Å². The van der Waals surface area contributed by atoms with E-state index in [1.165, 1.54) is 17.7 Å². The monoisotopic (exact) mass is 479 g/mol. The van der Waals surface area contributed by atoms with E-state index in [-0.39, 0.29) is 42.5 Å². The van der Waals surface area contributed by atoms with Crippen LogP contribution in [0.3, 0.4) is 0 Å². The molecule has 0 spiro atoms. The number of Topliss-reactive ketones (excluding diaryl/α,β-unsaturated/α-hetero) is 1. The molecule has 0 amide bonds. The Bertz CT molecular complexity index is 884. The van der Waals surface area contributed by atoms with Crippen LogP contribution in [0, 0.1) is 11.7 Å². The summed E-state index contributed by atoms with van der Waals surface area (Å²) in [6.45, 7) is 1.92. The molecule has 1 aliphatic rings. The number of nitrogens with zero attached hydrogens (tertiary/aromatic N) is 1. The maximum absolute atomic E-state index is 13.4. The SMILES string of the molecule is CC/C(=N/OC/C=C/Cl)C1=C(O)CC(CCSc2ccc(F)c(C(F)(F)F)c2)CC1=O. The summed E-state index contributed by atoms with van der Waals surface area (Å²) < 4.78 is 51.9. The highest BCUT2D eigenvalue weighted by Gasteiger charge is 2.34. The number of hydrogen-bond acceptors (Lipinski definition) is 5. The average Bonchev–Trinajstić information content (AvgIpc) is 2.69. The molecular weight excluding hydrogens is 458 g/mol. The van der Waals surface area contributed by atoms with Crippen molar-refractivity contribution in [2.75, 3.05) is 12.4 Å². The van der Waals surface area contributed by atoms with Crippen LogP contribution in [0.5, 0.6) is 0 Å². The average molecular weight is 480 g/mol. The van der Waals surface area contributed by atoms with Crippen molar-refractivity contribution in [3.05, 3.63) is 52.5 Å². The van der Waals surface area contributed by atoms with Gasteiger partial charge in [0.25, 0.3) is 0 Å². The molecule has 1 N–H and O–H groups in total. The number of carbonyl (C=O) groups is 1. The van der Waals surface area contributed by atoms with Gasteiger partial charge in [0.15, 0.2) is 5.78 Å². The zero-order chi connectivity index (χ0) is 23.0. The van der Waals surface area contributed by atoms with Crippen molar-refractivity contribution < 1.29 is 32.3 Å². The summed E-state index contributed by atoms with van der Waals surface area (Å²) in [4.78, 5) is 17.9. The summed E-state index contributed by atoms with van der Waals surface area (Å²) in [6.07, 6.45) is -1.88. The lowest BCUT2D eigenvalue weighted by molar-refractivity contribution is -0.140. The van der Waals surface area contributed by atoms with E-state index in [0.29, 0.717) is 29.2 Å². The number of allylic oxidation sites excluding steroid dienone is 2. The number of carbonyl (C=O) groups excluding carboxylic acids is 1. The van der Waals surface area contributed by atoms with Gasteiger partial charge in [0.05, 0.1) is 16.8 Å². The number of benzene rings is 1. The van der Waals surface area contributed by atoms with Gasteiger partial charge >= 0.3 is 6.18 Å². The lowest BCUT2D eigenvalue weighted by Gasteiger charge is -2.23. The van der Waals surface area contributed by atoms with Gasteiger partial charge in [-0.1, -0.05) is 23.7 Å². The van der Waals surface area contributed by atoms with Crippen LogP contribution in [0.15, 0.2) is 51.2 Å². The zero-order valence-corrected chi connectivity index (χ0v) is 18.3. The quantitative estimate of drug-likeness (QED) is 0.141. The highest BCUT2D eigenvalue weighted by molar-refractivity contribution is 7.99. The molecule has 0 fully saturated rings. The molecule has 0 saturated heterocycles. The van der Waals surface area contributed by atoms with Crippen molar-refractivity contribution in [1.82, 2.24) is 0 Å². The first-order valence-electron chi connectivity index (χ1n) is 9.56. The van der Waals surface area contributed by atoms with Crippen LogP contribution >= 0.6 is 23.4 Å². The van der Waals surface area contributed by atoms with Crippen LogP contribution in [0.4, 0.5) is 17.6 Å². The maximum atomic E-state index is 13.4. The lowest BCUT2D eigenvalue weighted by Crippen LogP contribution is -2.25. The number of oxime groups is 1. The highest BCUT2D eigenvalue weighted by Crippen LogP contribution is 2.35. The van der Waals surface area contributed by atoms with Crippen molar-refractivity contribution in [2.24, 2.45) is 11.1 Å². The number of thioether (sulfide) groups is 1. The molecule has 1 aromatic carbocycles. The van der Waals surface area contributed by atoms with Gasteiger partial charge in [0.1, 0.15) is 18.2 Å². The number of rotatable bonds is 9. The van der Waals surface area contributed by atoms with Crippen molar-refractivity contribution in [1.29, 1.82) is 0 Å². The molecule has 4 nitrogen and oxygen atoms in total. The minimum Gasteiger partial charge on any atom is -0.511 e. The first-order chi connectivity index (χ1) is 14.7. The Morgan fingerprint density at radius 1 is 1.39 bits per heavy atom. The third-order valence-electron chi connectivity index (χ3n) is 4.62. The second-order valence-electron chi connectivity index (χ2n) is 6.84. The van der Waals surface area contributed by atoms with E-state index in [2.05, 4.69) is 5.16 Å². The van der Waals surface area contributed by atoms with Crippen LogP contribution in [-0.4, -0.2) is 29.0 Å². The second kappa shape index (κ2) is 11.6. The Morgan fingerprint density at radius 3 is 2.74 bits per heavy atom. The predicted octanol–water partition coefficient (Wildman–Crippen LogP) is 6.65. The summed E-state index contributed by atoms with van der Waals surface area (Å²) in [7, 11) is 0. The summed E-state index contributed by atoms with van der Waals surface area (Å²) in [5.41, 5.74) is 0.492. The smallest absolute Gasteiger partial charge is 0.419 e. The van der Waals surface area contributed by atoms with Crippen LogP contribution in [0.2, 0.25) is 0 Å². The van der Waals surface area contributed by atoms with Gasteiger partial charge in [-0.3, -0.25) is 4.79 Å². The van der Waals surface area contributed by atoms with Crippen LogP contribution in [0.1, 0.15) is 38.2 Å². The molecule has 0 saturated carbocycles. The van der Waals surface area contributed by atoms with Gasteiger partial charge in [-0.05, 0) is 48.8 Å². The largest absolute Gasteiger partial charge is 0.511 e. The van der Waals surface area contributed by atoms with E-state index in [1.54, 1.807) is 6.92 Å². The Kier molecular flexibility index (Phi) is 9.43. The van der Waals surface area contributed by atoms with Crippen molar-refractivity contribution in [3.8, 4) is 0 Å². The Hall–Kier alpha value is -2.00. The van der Waals surface area contributed by atoms with Crippen LogP contribution in [0.25, 0.3) is 0 Å². The molecule has 1 unspecified atom stereocenters. The minimum atomic E-state index is -4.76. The lowest BCUT2D eigenvalue weighted by atomic mass is 9.83. The number of aliphatic hydroxyl groups excluding tert-OH is 1. The zero-order valence-electron chi connectivity index (χ0n) is 16.7. The summed E-state index contributed by atoms with van der Waals surface area (Å²) >= 11 is 6.54. The third-order valence-corrected chi connectivity index (χ3v) is 5.82. The van der Waals surface area contributed by atoms with E-state index < -0.39 is 17.6 Å². The number of ketones is 1. The molecule has 1 aliphatic carbocycles. The maximum Gasteiger partial charge on any atom is 0.419 e. The van der Waals surface area contributed by atoms with Gasteiger partial charge in [0, 0.05) is 23.3 Å². The summed E-state index contributed by atoms with van der Waals surface area (Å²) in [5.74, 6) is -1.36. The Balaban J connectivity index is 1.98. The fraction of sp³-hybridized carbons (Fsp3) is 0.429. The molecule has 2 rings (SSSR count). The number of halogens is 5. The van der Waals surface area contributed by atoms with Gasteiger partial charge in [-0.25, -0.2) is 4.39 Å². The number of hydrogen-bond donors (Lipinski definition) is 1. The molecule has 1 atom stereocenters. The van der Waals surface area contributed by atoms with E-state index in [1.807, 2.05) is 0 Å². The molecule has 0 heterocycles. The Morgan fingerprint density at radius 2 is 2.13 bits per heavy atom. The molecule has 0 radical (unpaired) electrons. The molecule has 170 valence electrons. The molecule has 10 heteroatoms. The predicted molar refractivity (Wildman–Crippen MR) is 113 cm³/mol. The number of alkyl halides is 3. The first-order valence-corrected chi connectivity index (χ1v) is 11.0. The van der Waals surface area contributed by atoms with Gasteiger partial charge in [-0.2, -0.15) is 13.2 Å². The molecular formula is C21H22ClF4NO3S. The summed E-state index contributed by atoms with van der Waals surface area (Å²) in [5, 5.41) is 14.3. The van der Waals surface area contributed by atoms with E-state index in [0.717, 1.165) is 23.9 Å². The number of aliphatic hydroxyl groups is 1. The van der Waals surface area contributed by atoms with Crippen LogP contribution in [-0.2, 0) is 15.8 Å². The molecule has 0 aromatic heterocycles. The van der Waals surface area contributed by atoms with Crippen LogP contribution < -0.4 is 0 Å². The van der Waals surface area contributed by atoms with Crippen molar-refractivity contribution in [2.45, 2.75) is 43.7 Å². The highest BCUT2D eigenvalue weighted by atomic mass is 35.5. The van der Waals surface area contributed by atoms with Crippen molar-refractivity contribution in [3.63, 3.8) is 0 Å². The topological polar surface area (TPSA) is 58.9 Å². The van der Waals surface area contributed by atoms with Gasteiger partial charge in [-0.15, -0.1) is 11.8 Å². The fourth-order valence-corrected chi connectivity index (χ4v) is 4.27. The Labute approximate surface area is 187 Å². The first kappa shape index (κ1) is 25.3. The van der Waals surface area contributed by atoms with E-state index >= 15 is 0 Å². The second-order valence-corrected chi connectivity index (χ2v) is 8.26. The standard InChI is InChI=1S/C21H22ClF4NO3S/c1-2-17(27-30-8-3-7-22)20-18(28)10-13(11-19(20)29)6-9-31-14-4-5-16(23)15(12-14)21(24,25)26/h3-5,7,12-13,28H,2,6,8-11H2,1H3/b7-3+,27-17-. The minimum absolute atomic E-state index is 0.0653. The van der Waals surface area contributed by atoms with Gasteiger partial charge in [0.2, 0.25) is 0 Å².